The number of halogens is 1. The van der Waals surface area contributed by atoms with Gasteiger partial charge in [-0.3, -0.25) is 4.68 Å². The third kappa shape index (κ3) is 2.71. The van der Waals surface area contributed by atoms with Gasteiger partial charge in [0.2, 0.25) is 0 Å². The number of rotatable bonds is 4. The average Bonchev–Trinajstić information content (AvgIpc) is 2.76. The molecule has 0 spiro atoms. The highest BCUT2D eigenvalue weighted by atomic mass is 79.9. The summed E-state index contributed by atoms with van der Waals surface area (Å²) in [4.78, 5) is 0. The van der Waals surface area contributed by atoms with E-state index in [1.807, 2.05) is 23.0 Å². The Labute approximate surface area is 103 Å². The first-order valence-electron chi connectivity index (χ1n) is 5.28. The lowest BCUT2D eigenvalue weighted by Crippen LogP contribution is -2.05. The minimum atomic E-state index is 0.702. The molecule has 0 saturated carbocycles. The molecule has 2 N–H and O–H groups in total. The van der Waals surface area contributed by atoms with Crippen LogP contribution in [-0.2, 0) is 6.54 Å². The lowest BCUT2D eigenvalue weighted by Gasteiger charge is -1.98. The second-order valence-corrected chi connectivity index (χ2v) is 4.56. The Hall–Kier alpha value is -1.13. The molecule has 3 nitrogen and oxygen atoms in total. The van der Waals surface area contributed by atoms with Crippen LogP contribution in [0.5, 0.6) is 0 Å². The highest BCUT2D eigenvalue weighted by molar-refractivity contribution is 9.10. The molecule has 0 unspecified atom stereocenters. The van der Waals surface area contributed by atoms with Crippen LogP contribution in [0.2, 0.25) is 0 Å². The fourth-order valence-electron chi connectivity index (χ4n) is 1.53. The lowest BCUT2D eigenvalue weighted by molar-refractivity contribution is 0.585. The molecule has 1 aromatic heterocycles. The van der Waals surface area contributed by atoms with E-state index < -0.39 is 0 Å². The largest absolute Gasteiger partial charge is 0.330 e. The first-order chi connectivity index (χ1) is 7.79. The van der Waals surface area contributed by atoms with Crippen molar-refractivity contribution in [2.75, 3.05) is 6.54 Å². The van der Waals surface area contributed by atoms with Crippen molar-refractivity contribution in [2.45, 2.75) is 13.0 Å². The number of aromatic nitrogens is 2. The van der Waals surface area contributed by atoms with E-state index in [1.54, 1.807) is 0 Å². The van der Waals surface area contributed by atoms with Crippen molar-refractivity contribution in [3.8, 4) is 11.1 Å². The zero-order valence-electron chi connectivity index (χ0n) is 8.94. The van der Waals surface area contributed by atoms with E-state index >= 15 is 0 Å². The minimum Gasteiger partial charge on any atom is -0.330 e. The van der Waals surface area contributed by atoms with Gasteiger partial charge in [-0.1, -0.05) is 28.1 Å². The van der Waals surface area contributed by atoms with Gasteiger partial charge in [-0.2, -0.15) is 5.10 Å². The van der Waals surface area contributed by atoms with Crippen LogP contribution >= 0.6 is 15.9 Å². The summed E-state index contributed by atoms with van der Waals surface area (Å²) in [5, 5.41) is 4.30. The second-order valence-electron chi connectivity index (χ2n) is 3.64. The van der Waals surface area contributed by atoms with Gasteiger partial charge in [-0.25, -0.2) is 0 Å². The Morgan fingerprint density at radius 1 is 1.19 bits per heavy atom. The third-order valence-electron chi connectivity index (χ3n) is 2.40. The predicted molar refractivity (Wildman–Crippen MR) is 69.0 cm³/mol. The Morgan fingerprint density at radius 3 is 2.62 bits per heavy atom. The van der Waals surface area contributed by atoms with E-state index in [-0.39, 0.29) is 0 Å². The van der Waals surface area contributed by atoms with E-state index in [2.05, 4.69) is 39.4 Å². The summed E-state index contributed by atoms with van der Waals surface area (Å²) < 4.78 is 3.02. The Kier molecular flexibility index (Phi) is 3.74. The van der Waals surface area contributed by atoms with Crippen LogP contribution in [-0.4, -0.2) is 16.3 Å². The molecule has 2 rings (SSSR count). The molecule has 0 aliphatic heterocycles. The summed E-state index contributed by atoms with van der Waals surface area (Å²) in [6.45, 7) is 1.58. The molecule has 4 heteroatoms. The normalized spacial score (nSPS) is 10.6. The summed E-state index contributed by atoms with van der Waals surface area (Å²) in [5.74, 6) is 0. The van der Waals surface area contributed by atoms with Crippen LogP contribution in [0, 0.1) is 0 Å². The fraction of sp³-hybridized carbons (Fsp3) is 0.250. The molecular formula is C12H14BrN3. The molecule has 1 aromatic carbocycles. The van der Waals surface area contributed by atoms with Gasteiger partial charge in [0, 0.05) is 22.8 Å². The van der Waals surface area contributed by atoms with E-state index in [0.717, 1.165) is 23.0 Å². The van der Waals surface area contributed by atoms with Gasteiger partial charge in [0.05, 0.1) is 6.20 Å². The van der Waals surface area contributed by atoms with Crippen molar-refractivity contribution in [1.29, 1.82) is 0 Å². The molecule has 0 fully saturated rings. The van der Waals surface area contributed by atoms with E-state index in [4.69, 9.17) is 5.73 Å². The topological polar surface area (TPSA) is 43.8 Å². The maximum Gasteiger partial charge on any atom is 0.0568 e. The summed E-state index contributed by atoms with van der Waals surface area (Å²) in [5.41, 5.74) is 7.79. The summed E-state index contributed by atoms with van der Waals surface area (Å²) >= 11 is 3.42. The predicted octanol–water partition coefficient (Wildman–Crippen LogP) is 2.66. The second kappa shape index (κ2) is 5.27. The van der Waals surface area contributed by atoms with Gasteiger partial charge in [-0.15, -0.1) is 0 Å². The van der Waals surface area contributed by atoms with Crippen molar-refractivity contribution in [2.24, 2.45) is 5.73 Å². The molecule has 84 valence electrons. The Balaban J connectivity index is 2.15. The highest BCUT2D eigenvalue weighted by Crippen LogP contribution is 2.20. The van der Waals surface area contributed by atoms with Crippen LogP contribution in [0.3, 0.4) is 0 Å². The summed E-state index contributed by atoms with van der Waals surface area (Å²) in [6, 6.07) is 8.22. The van der Waals surface area contributed by atoms with Crippen molar-refractivity contribution in [1.82, 2.24) is 9.78 Å². The van der Waals surface area contributed by atoms with Gasteiger partial charge in [-0.05, 0) is 30.7 Å². The molecule has 0 aliphatic carbocycles. The molecular weight excluding hydrogens is 266 g/mol. The fourth-order valence-corrected chi connectivity index (χ4v) is 1.79. The molecule has 2 aromatic rings. The number of benzene rings is 1. The molecule has 0 radical (unpaired) electrons. The van der Waals surface area contributed by atoms with Crippen LogP contribution in [0.1, 0.15) is 6.42 Å². The van der Waals surface area contributed by atoms with Gasteiger partial charge < -0.3 is 5.73 Å². The lowest BCUT2D eigenvalue weighted by atomic mass is 10.1. The number of nitrogens with zero attached hydrogens (tertiary/aromatic N) is 2. The van der Waals surface area contributed by atoms with Gasteiger partial charge in [0.25, 0.3) is 0 Å². The van der Waals surface area contributed by atoms with Crippen molar-refractivity contribution in [3.63, 3.8) is 0 Å². The van der Waals surface area contributed by atoms with Crippen LogP contribution in [0.15, 0.2) is 41.1 Å². The number of nitrogens with two attached hydrogens (primary N) is 1. The van der Waals surface area contributed by atoms with E-state index in [9.17, 15) is 0 Å². The number of hydrogen-bond donors (Lipinski definition) is 1. The van der Waals surface area contributed by atoms with Crippen LogP contribution in [0.25, 0.3) is 11.1 Å². The van der Waals surface area contributed by atoms with Gasteiger partial charge in [0.1, 0.15) is 0 Å². The Bertz CT molecular complexity index is 448. The van der Waals surface area contributed by atoms with Gasteiger partial charge >= 0.3 is 0 Å². The van der Waals surface area contributed by atoms with Crippen LogP contribution in [0.4, 0.5) is 0 Å². The number of hydrogen-bond acceptors (Lipinski definition) is 2. The minimum absolute atomic E-state index is 0.702. The molecule has 0 aliphatic rings. The quantitative estimate of drug-likeness (QED) is 0.935. The standard InChI is InChI=1S/C12H14BrN3/c13-12-4-2-10(3-5-12)11-8-15-16(9-11)7-1-6-14/h2-5,8-9H,1,6-7,14H2. The molecule has 1 heterocycles. The zero-order chi connectivity index (χ0) is 11.4. The van der Waals surface area contributed by atoms with Gasteiger partial charge in [0.15, 0.2) is 0 Å². The SMILES string of the molecule is NCCCn1cc(-c2ccc(Br)cc2)cn1. The molecule has 0 saturated heterocycles. The average molecular weight is 280 g/mol. The van der Waals surface area contributed by atoms with Crippen molar-refractivity contribution >= 4 is 15.9 Å². The van der Waals surface area contributed by atoms with Crippen LogP contribution < -0.4 is 5.73 Å². The zero-order valence-corrected chi connectivity index (χ0v) is 10.5. The van der Waals surface area contributed by atoms with E-state index in [1.165, 1.54) is 5.56 Å². The molecule has 0 atom stereocenters. The summed E-state index contributed by atoms with van der Waals surface area (Å²) in [6.07, 6.45) is 4.90. The third-order valence-corrected chi connectivity index (χ3v) is 2.93. The Morgan fingerprint density at radius 2 is 1.94 bits per heavy atom. The van der Waals surface area contributed by atoms with Crippen molar-refractivity contribution in [3.05, 3.63) is 41.1 Å². The first-order valence-corrected chi connectivity index (χ1v) is 6.07. The first kappa shape index (κ1) is 11.4. The molecule has 0 bridgehead atoms. The monoisotopic (exact) mass is 279 g/mol. The molecule has 0 amide bonds. The highest BCUT2D eigenvalue weighted by Gasteiger charge is 2.01. The van der Waals surface area contributed by atoms with Crippen molar-refractivity contribution < 1.29 is 0 Å². The number of aryl methyl sites for hydroxylation is 1. The summed E-state index contributed by atoms with van der Waals surface area (Å²) in [7, 11) is 0. The van der Waals surface area contributed by atoms with E-state index in [0.29, 0.717) is 6.54 Å². The maximum absolute atomic E-state index is 5.46. The smallest absolute Gasteiger partial charge is 0.0568 e. The maximum atomic E-state index is 5.46. The molecule has 16 heavy (non-hydrogen) atoms.